The van der Waals surface area contributed by atoms with E-state index < -0.39 is 0 Å². The summed E-state index contributed by atoms with van der Waals surface area (Å²) in [5.41, 5.74) is 3.14. The lowest BCUT2D eigenvalue weighted by Crippen LogP contribution is -2.48. The van der Waals surface area contributed by atoms with Crippen molar-refractivity contribution in [1.29, 1.82) is 0 Å². The highest BCUT2D eigenvalue weighted by molar-refractivity contribution is 5.94. The van der Waals surface area contributed by atoms with E-state index in [0.29, 0.717) is 0 Å². The maximum atomic E-state index is 12.6. The number of hydrogen-bond acceptors (Lipinski definition) is 4. The molecule has 0 atom stereocenters. The lowest BCUT2D eigenvalue weighted by atomic mass is 10.1. The van der Waals surface area contributed by atoms with Gasteiger partial charge in [0.1, 0.15) is 0 Å². The minimum atomic E-state index is 0.129. The Morgan fingerprint density at radius 2 is 1.62 bits per heavy atom. The second-order valence-electron chi connectivity index (χ2n) is 6.37. The van der Waals surface area contributed by atoms with Crippen molar-refractivity contribution < 1.29 is 4.79 Å². The molecule has 0 unspecified atom stereocenters. The molecule has 24 heavy (non-hydrogen) atoms. The first-order valence-electron chi connectivity index (χ1n) is 8.31. The van der Waals surface area contributed by atoms with E-state index in [9.17, 15) is 4.79 Å². The summed E-state index contributed by atoms with van der Waals surface area (Å²) < 4.78 is 0. The third kappa shape index (κ3) is 3.92. The molecule has 1 amide bonds. The van der Waals surface area contributed by atoms with Crippen molar-refractivity contribution in [2.45, 2.75) is 6.54 Å². The third-order valence-corrected chi connectivity index (χ3v) is 4.45. The second-order valence-corrected chi connectivity index (χ2v) is 6.37. The first-order valence-corrected chi connectivity index (χ1v) is 8.31. The van der Waals surface area contributed by atoms with Crippen LogP contribution in [0, 0.1) is 0 Å². The predicted octanol–water partition coefficient (Wildman–Crippen LogP) is 2.11. The zero-order valence-electron chi connectivity index (χ0n) is 14.4. The third-order valence-electron chi connectivity index (χ3n) is 4.45. The molecule has 0 aliphatic carbocycles. The van der Waals surface area contributed by atoms with Crippen molar-refractivity contribution in [2.75, 3.05) is 45.2 Å². The molecule has 3 rings (SSSR count). The van der Waals surface area contributed by atoms with Gasteiger partial charge < -0.3 is 9.80 Å². The zero-order chi connectivity index (χ0) is 16.9. The quantitative estimate of drug-likeness (QED) is 0.863. The highest BCUT2D eigenvalue weighted by atomic mass is 16.2. The van der Waals surface area contributed by atoms with Crippen molar-refractivity contribution >= 4 is 11.6 Å². The molecule has 1 aliphatic heterocycles. The van der Waals surface area contributed by atoms with Crippen molar-refractivity contribution in [3.05, 3.63) is 59.9 Å². The Hall–Kier alpha value is -2.40. The van der Waals surface area contributed by atoms with Gasteiger partial charge in [-0.05, 0) is 42.0 Å². The predicted molar refractivity (Wildman–Crippen MR) is 96.2 cm³/mol. The highest BCUT2D eigenvalue weighted by Crippen LogP contribution is 2.15. The van der Waals surface area contributed by atoms with Crippen LogP contribution in [0.1, 0.15) is 15.9 Å². The molecule has 1 aromatic carbocycles. The van der Waals surface area contributed by atoms with Gasteiger partial charge in [0.05, 0.1) is 0 Å². The molecule has 1 aromatic heterocycles. The van der Waals surface area contributed by atoms with Gasteiger partial charge in [0.15, 0.2) is 0 Å². The maximum absolute atomic E-state index is 12.6. The van der Waals surface area contributed by atoms with Crippen molar-refractivity contribution in [1.82, 2.24) is 14.8 Å². The van der Waals surface area contributed by atoms with Crippen LogP contribution < -0.4 is 4.90 Å². The summed E-state index contributed by atoms with van der Waals surface area (Å²) in [6.07, 6.45) is 3.65. The van der Waals surface area contributed by atoms with E-state index in [0.717, 1.165) is 44.0 Å². The zero-order valence-corrected chi connectivity index (χ0v) is 14.4. The highest BCUT2D eigenvalue weighted by Gasteiger charge is 2.22. The molecule has 0 bridgehead atoms. The van der Waals surface area contributed by atoms with Gasteiger partial charge in [0, 0.05) is 70.5 Å². The lowest BCUT2D eigenvalue weighted by Gasteiger charge is -2.34. The van der Waals surface area contributed by atoms with E-state index in [-0.39, 0.29) is 5.91 Å². The fraction of sp³-hybridized carbons (Fsp3) is 0.368. The van der Waals surface area contributed by atoms with Crippen molar-refractivity contribution in [2.24, 2.45) is 0 Å². The van der Waals surface area contributed by atoms with E-state index in [1.165, 1.54) is 5.56 Å². The molecular formula is C19H24N4O. The van der Waals surface area contributed by atoms with Gasteiger partial charge in [0.25, 0.3) is 5.91 Å². The number of piperazine rings is 1. The van der Waals surface area contributed by atoms with Gasteiger partial charge in [-0.2, -0.15) is 0 Å². The largest absolute Gasteiger partial charge is 0.378 e. The molecule has 1 aliphatic rings. The first kappa shape index (κ1) is 16.5. The fourth-order valence-electron chi connectivity index (χ4n) is 2.94. The molecule has 5 nitrogen and oxygen atoms in total. The van der Waals surface area contributed by atoms with E-state index in [4.69, 9.17) is 0 Å². The Labute approximate surface area is 143 Å². The molecule has 5 heteroatoms. The molecular weight excluding hydrogens is 300 g/mol. The van der Waals surface area contributed by atoms with Crippen LogP contribution in [0.2, 0.25) is 0 Å². The summed E-state index contributed by atoms with van der Waals surface area (Å²) in [6.45, 7) is 4.29. The number of nitrogens with zero attached hydrogens (tertiary/aromatic N) is 4. The topological polar surface area (TPSA) is 39.7 Å². The molecule has 0 N–H and O–H groups in total. The average Bonchev–Trinajstić information content (AvgIpc) is 2.63. The smallest absolute Gasteiger partial charge is 0.253 e. The van der Waals surface area contributed by atoms with Gasteiger partial charge in [-0.25, -0.2) is 0 Å². The molecule has 1 fully saturated rings. The number of aromatic nitrogens is 1. The molecule has 126 valence electrons. The van der Waals surface area contributed by atoms with Gasteiger partial charge >= 0.3 is 0 Å². The molecule has 1 saturated heterocycles. The molecule has 0 spiro atoms. The van der Waals surface area contributed by atoms with Crippen LogP contribution in [0.4, 0.5) is 5.69 Å². The first-order chi connectivity index (χ1) is 11.6. The Balaban J connectivity index is 1.55. The number of pyridine rings is 1. The Bertz CT molecular complexity index is 662. The van der Waals surface area contributed by atoms with E-state index in [1.54, 1.807) is 0 Å². The summed E-state index contributed by atoms with van der Waals surface area (Å²) in [5.74, 6) is 0.129. The minimum absolute atomic E-state index is 0.129. The number of benzene rings is 1. The Morgan fingerprint density at radius 3 is 2.21 bits per heavy atom. The molecule has 2 heterocycles. The molecule has 0 saturated carbocycles. The number of anilines is 1. The SMILES string of the molecule is CN(C)c1ccc(C(=O)N2CCN(Cc3ccncc3)CC2)cc1. The lowest BCUT2D eigenvalue weighted by molar-refractivity contribution is 0.0628. The van der Waals surface area contributed by atoms with Gasteiger partial charge in [-0.15, -0.1) is 0 Å². The Morgan fingerprint density at radius 1 is 1.00 bits per heavy atom. The van der Waals surface area contributed by atoms with E-state index in [1.807, 2.05) is 72.7 Å². The number of carbonyl (C=O) groups is 1. The van der Waals surface area contributed by atoms with Gasteiger partial charge in [0.2, 0.25) is 0 Å². The standard InChI is InChI=1S/C19H24N4O/c1-21(2)18-5-3-17(4-6-18)19(24)23-13-11-22(12-14-23)15-16-7-9-20-10-8-16/h3-10H,11-15H2,1-2H3. The van der Waals surface area contributed by atoms with Crippen LogP contribution in [0.25, 0.3) is 0 Å². The summed E-state index contributed by atoms with van der Waals surface area (Å²) in [5, 5.41) is 0. The van der Waals surface area contributed by atoms with Crippen LogP contribution in [-0.2, 0) is 6.54 Å². The van der Waals surface area contributed by atoms with E-state index >= 15 is 0 Å². The fourth-order valence-corrected chi connectivity index (χ4v) is 2.94. The normalized spacial score (nSPS) is 15.3. The van der Waals surface area contributed by atoms with Crippen LogP contribution in [-0.4, -0.2) is 61.0 Å². The van der Waals surface area contributed by atoms with Crippen molar-refractivity contribution in [3.8, 4) is 0 Å². The summed E-state index contributed by atoms with van der Waals surface area (Å²) in [6, 6.07) is 11.9. The Kier molecular flexibility index (Phi) is 5.11. The maximum Gasteiger partial charge on any atom is 0.253 e. The monoisotopic (exact) mass is 324 g/mol. The van der Waals surface area contributed by atoms with Gasteiger partial charge in [-0.1, -0.05) is 0 Å². The van der Waals surface area contributed by atoms with E-state index in [2.05, 4.69) is 9.88 Å². The number of amides is 1. The molecule has 0 radical (unpaired) electrons. The number of carbonyl (C=O) groups excluding carboxylic acids is 1. The summed E-state index contributed by atoms with van der Waals surface area (Å²) >= 11 is 0. The summed E-state index contributed by atoms with van der Waals surface area (Å²) in [4.78, 5) is 23.1. The van der Waals surface area contributed by atoms with Crippen LogP contribution >= 0.6 is 0 Å². The molecule has 2 aromatic rings. The van der Waals surface area contributed by atoms with Crippen LogP contribution in [0.15, 0.2) is 48.8 Å². The number of rotatable bonds is 4. The van der Waals surface area contributed by atoms with Crippen LogP contribution in [0.5, 0.6) is 0 Å². The van der Waals surface area contributed by atoms with Crippen LogP contribution in [0.3, 0.4) is 0 Å². The van der Waals surface area contributed by atoms with Gasteiger partial charge in [-0.3, -0.25) is 14.7 Å². The number of hydrogen-bond donors (Lipinski definition) is 0. The second kappa shape index (κ2) is 7.45. The average molecular weight is 324 g/mol. The summed E-state index contributed by atoms with van der Waals surface area (Å²) in [7, 11) is 4.00. The minimum Gasteiger partial charge on any atom is -0.378 e. The van der Waals surface area contributed by atoms with Crippen molar-refractivity contribution in [3.63, 3.8) is 0 Å².